The molecule has 0 aliphatic carbocycles. The Kier molecular flexibility index (Phi) is 7.21. The van der Waals surface area contributed by atoms with Gasteiger partial charge in [0.15, 0.2) is 11.5 Å². The van der Waals surface area contributed by atoms with Gasteiger partial charge in [-0.25, -0.2) is 0 Å². The van der Waals surface area contributed by atoms with Crippen molar-refractivity contribution >= 4 is 17.7 Å². The van der Waals surface area contributed by atoms with Gasteiger partial charge < -0.3 is 19.1 Å². The Labute approximate surface area is 159 Å². The van der Waals surface area contributed by atoms with Crippen molar-refractivity contribution in [3.63, 3.8) is 0 Å². The lowest BCUT2D eigenvalue weighted by atomic mass is 10.1. The summed E-state index contributed by atoms with van der Waals surface area (Å²) < 4.78 is 16.2. The number of ether oxygens (including phenoxy) is 3. The van der Waals surface area contributed by atoms with Crippen molar-refractivity contribution < 1.29 is 19.0 Å². The summed E-state index contributed by atoms with van der Waals surface area (Å²) in [5.74, 6) is 2.58. The molecule has 5 nitrogen and oxygen atoms in total. The first-order chi connectivity index (χ1) is 12.5. The van der Waals surface area contributed by atoms with Crippen molar-refractivity contribution in [1.29, 1.82) is 0 Å². The zero-order valence-corrected chi connectivity index (χ0v) is 16.7. The van der Waals surface area contributed by atoms with Gasteiger partial charge in [-0.3, -0.25) is 4.79 Å². The van der Waals surface area contributed by atoms with Crippen LogP contribution in [-0.4, -0.2) is 45.4 Å². The Hall–Kier alpha value is -2.34. The van der Waals surface area contributed by atoms with Gasteiger partial charge in [-0.1, -0.05) is 12.1 Å². The highest BCUT2D eigenvalue weighted by atomic mass is 32.2. The molecule has 2 rings (SSSR count). The van der Waals surface area contributed by atoms with Crippen LogP contribution in [0, 0.1) is 0 Å². The normalized spacial score (nSPS) is 10.3. The molecule has 0 spiro atoms. The summed E-state index contributed by atoms with van der Waals surface area (Å²) in [5.41, 5.74) is 2.72. The lowest BCUT2D eigenvalue weighted by Crippen LogP contribution is -2.26. The molecule has 1 amide bonds. The zero-order chi connectivity index (χ0) is 19.1. The SMILES string of the molecule is COc1ccc(CN(C)C(=O)c2ccc(CSC)cc2)c(OC)c1OC. The highest BCUT2D eigenvalue weighted by molar-refractivity contribution is 7.97. The molecule has 2 aromatic rings. The Bertz CT molecular complexity index is 746. The Morgan fingerprint density at radius 2 is 1.62 bits per heavy atom. The van der Waals surface area contributed by atoms with Crippen LogP contribution in [0.5, 0.6) is 17.2 Å². The molecule has 140 valence electrons. The van der Waals surface area contributed by atoms with Gasteiger partial charge >= 0.3 is 0 Å². The largest absolute Gasteiger partial charge is 0.493 e. The van der Waals surface area contributed by atoms with Crippen LogP contribution in [0.3, 0.4) is 0 Å². The van der Waals surface area contributed by atoms with Gasteiger partial charge in [-0.2, -0.15) is 11.8 Å². The zero-order valence-electron chi connectivity index (χ0n) is 15.9. The van der Waals surface area contributed by atoms with E-state index in [1.165, 1.54) is 5.56 Å². The summed E-state index contributed by atoms with van der Waals surface area (Å²) in [6, 6.07) is 11.4. The fourth-order valence-corrected chi connectivity index (χ4v) is 3.27. The summed E-state index contributed by atoms with van der Waals surface area (Å²) in [7, 11) is 6.49. The minimum atomic E-state index is -0.0439. The van der Waals surface area contributed by atoms with E-state index in [2.05, 4.69) is 6.26 Å². The Morgan fingerprint density at radius 3 is 2.15 bits per heavy atom. The molecule has 6 heteroatoms. The average Bonchev–Trinajstić information content (AvgIpc) is 2.67. The van der Waals surface area contributed by atoms with Crippen LogP contribution < -0.4 is 14.2 Å². The molecule has 0 unspecified atom stereocenters. The van der Waals surface area contributed by atoms with Crippen molar-refractivity contribution in [1.82, 2.24) is 4.90 Å². The molecular weight excluding hydrogens is 350 g/mol. The summed E-state index contributed by atoms with van der Waals surface area (Å²) in [4.78, 5) is 14.4. The molecule has 26 heavy (non-hydrogen) atoms. The minimum Gasteiger partial charge on any atom is -0.493 e. The summed E-state index contributed by atoms with van der Waals surface area (Å²) >= 11 is 1.76. The van der Waals surface area contributed by atoms with Crippen molar-refractivity contribution in [2.45, 2.75) is 12.3 Å². The monoisotopic (exact) mass is 375 g/mol. The van der Waals surface area contributed by atoms with Crippen LogP contribution in [0.2, 0.25) is 0 Å². The van der Waals surface area contributed by atoms with E-state index in [0.29, 0.717) is 29.4 Å². The van der Waals surface area contributed by atoms with Gasteiger partial charge in [0.1, 0.15) is 0 Å². The molecule has 0 saturated carbocycles. The summed E-state index contributed by atoms with van der Waals surface area (Å²) in [6.45, 7) is 0.398. The average molecular weight is 375 g/mol. The van der Waals surface area contributed by atoms with Gasteiger partial charge in [0.25, 0.3) is 5.91 Å². The number of nitrogens with zero attached hydrogens (tertiary/aromatic N) is 1. The maximum atomic E-state index is 12.7. The highest BCUT2D eigenvalue weighted by Gasteiger charge is 2.19. The third-order valence-corrected chi connectivity index (χ3v) is 4.67. The number of thioether (sulfide) groups is 1. The van der Waals surface area contributed by atoms with Crippen molar-refractivity contribution in [2.75, 3.05) is 34.6 Å². The van der Waals surface area contributed by atoms with Crippen LogP contribution in [0.4, 0.5) is 0 Å². The molecule has 0 aliphatic heterocycles. The van der Waals surface area contributed by atoms with Crippen LogP contribution in [-0.2, 0) is 12.3 Å². The van der Waals surface area contributed by atoms with Crippen LogP contribution in [0.15, 0.2) is 36.4 Å². The molecule has 0 bridgehead atoms. The highest BCUT2D eigenvalue weighted by Crippen LogP contribution is 2.40. The second-order valence-electron chi connectivity index (χ2n) is 5.78. The van der Waals surface area contributed by atoms with Crippen molar-refractivity contribution in [2.24, 2.45) is 0 Å². The molecule has 0 fully saturated rings. The Morgan fingerprint density at radius 1 is 0.962 bits per heavy atom. The van der Waals surface area contributed by atoms with Gasteiger partial charge in [-0.15, -0.1) is 0 Å². The third kappa shape index (κ3) is 4.43. The molecule has 0 aliphatic rings. The predicted octanol–water partition coefficient (Wildman–Crippen LogP) is 3.85. The first kappa shape index (κ1) is 20.0. The van der Waals surface area contributed by atoms with E-state index in [4.69, 9.17) is 14.2 Å². The Balaban J connectivity index is 2.20. The number of rotatable bonds is 8. The number of carbonyl (C=O) groups excluding carboxylic acids is 1. The van der Waals surface area contributed by atoms with Crippen LogP contribution >= 0.6 is 11.8 Å². The van der Waals surface area contributed by atoms with E-state index in [9.17, 15) is 4.79 Å². The molecule has 0 saturated heterocycles. The van der Waals surface area contributed by atoms with Gasteiger partial charge in [0, 0.05) is 30.5 Å². The summed E-state index contributed by atoms with van der Waals surface area (Å²) in [6.07, 6.45) is 2.06. The topological polar surface area (TPSA) is 48.0 Å². The first-order valence-corrected chi connectivity index (χ1v) is 9.56. The second-order valence-corrected chi connectivity index (χ2v) is 6.65. The van der Waals surface area contributed by atoms with E-state index in [0.717, 1.165) is 11.3 Å². The number of carbonyl (C=O) groups is 1. The first-order valence-electron chi connectivity index (χ1n) is 8.16. The number of hydrogen-bond donors (Lipinski definition) is 0. The fourth-order valence-electron chi connectivity index (χ4n) is 2.75. The van der Waals surface area contributed by atoms with E-state index in [1.54, 1.807) is 45.0 Å². The third-order valence-electron chi connectivity index (χ3n) is 4.05. The predicted molar refractivity (Wildman–Crippen MR) is 106 cm³/mol. The summed E-state index contributed by atoms with van der Waals surface area (Å²) in [5, 5.41) is 0. The standard InChI is InChI=1S/C20H25NO4S/c1-21(20(22)15-8-6-14(7-9-15)13-26-5)12-16-10-11-17(23-2)19(25-4)18(16)24-3/h6-11H,12-13H2,1-5H3. The smallest absolute Gasteiger partial charge is 0.253 e. The minimum absolute atomic E-state index is 0.0439. The molecule has 0 aromatic heterocycles. The molecule has 2 aromatic carbocycles. The number of benzene rings is 2. The number of amides is 1. The maximum absolute atomic E-state index is 12.7. The van der Waals surface area contributed by atoms with E-state index >= 15 is 0 Å². The lowest BCUT2D eigenvalue weighted by Gasteiger charge is -2.21. The molecule has 0 atom stereocenters. The number of hydrogen-bond acceptors (Lipinski definition) is 5. The molecule has 0 heterocycles. The fraction of sp³-hybridized carbons (Fsp3) is 0.350. The molecule has 0 radical (unpaired) electrons. The molecular formula is C20H25NO4S. The van der Waals surface area contributed by atoms with Gasteiger partial charge in [0.2, 0.25) is 5.75 Å². The quantitative estimate of drug-likeness (QED) is 0.701. The van der Waals surface area contributed by atoms with E-state index in [-0.39, 0.29) is 5.91 Å². The van der Waals surface area contributed by atoms with Crippen molar-refractivity contribution in [3.8, 4) is 17.2 Å². The van der Waals surface area contributed by atoms with Crippen molar-refractivity contribution in [3.05, 3.63) is 53.1 Å². The van der Waals surface area contributed by atoms with Crippen LogP contribution in [0.25, 0.3) is 0 Å². The lowest BCUT2D eigenvalue weighted by molar-refractivity contribution is 0.0784. The van der Waals surface area contributed by atoms with E-state index < -0.39 is 0 Å². The van der Waals surface area contributed by atoms with Crippen LogP contribution in [0.1, 0.15) is 21.5 Å². The molecule has 0 N–H and O–H groups in total. The van der Waals surface area contributed by atoms with E-state index in [1.807, 2.05) is 36.4 Å². The van der Waals surface area contributed by atoms with Gasteiger partial charge in [-0.05, 0) is 36.1 Å². The van der Waals surface area contributed by atoms with Gasteiger partial charge in [0.05, 0.1) is 21.3 Å². The second kappa shape index (κ2) is 9.38. The number of methoxy groups -OCH3 is 3. The maximum Gasteiger partial charge on any atom is 0.253 e.